The van der Waals surface area contributed by atoms with E-state index in [-0.39, 0.29) is 18.6 Å². The zero-order valence-corrected chi connectivity index (χ0v) is 17.4. The summed E-state index contributed by atoms with van der Waals surface area (Å²) in [6.07, 6.45) is 0.0353. The molecule has 3 aromatic rings. The largest absolute Gasteiger partial charge is 0.385 e. The van der Waals surface area contributed by atoms with Gasteiger partial charge in [0.25, 0.3) is 5.91 Å². The van der Waals surface area contributed by atoms with Crippen molar-refractivity contribution in [2.75, 3.05) is 6.61 Å². The highest BCUT2D eigenvalue weighted by molar-refractivity contribution is 7.13. The molecule has 1 aromatic heterocycles. The fourth-order valence-electron chi connectivity index (χ4n) is 2.79. The van der Waals surface area contributed by atoms with E-state index < -0.39 is 23.6 Å². The van der Waals surface area contributed by atoms with Crippen LogP contribution in [-0.4, -0.2) is 29.3 Å². The molecule has 0 bridgehead atoms. The number of thiazole rings is 1. The summed E-state index contributed by atoms with van der Waals surface area (Å²) in [5.74, 6) is -1.70. The number of nitrogens with one attached hydrogen (secondary N) is 1. The molecule has 5 nitrogen and oxygen atoms in total. The zero-order chi connectivity index (χ0) is 21.5. The van der Waals surface area contributed by atoms with E-state index in [9.17, 15) is 13.6 Å². The molecule has 2 aromatic carbocycles. The summed E-state index contributed by atoms with van der Waals surface area (Å²) in [6, 6.07) is 13.0. The topological polar surface area (TPSA) is 63.6 Å². The minimum absolute atomic E-state index is 0.0353. The molecule has 1 N–H and O–H groups in total. The second-order valence-corrected chi connectivity index (χ2v) is 7.59. The summed E-state index contributed by atoms with van der Waals surface area (Å²) < 4.78 is 27.4. The number of amides is 1. The SMILES string of the molecule is C/C(=N\OCC(=O)NC(C)Cc1c(F)cccc1F)c1csc(-c2ccccc2)n1. The van der Waals surface area contributed by atoms with Crippen LogP contribution < -0.4 is 5.32 Å². The Morgan fingerprint density at radius 1 is 1.17 bits per heavy atom. The van der Waals surface area contributed by atoms with Gasteiger partial charge in [0.1, 0.15) is 22.4 Å². The van der Waals surface area contributed by atoms with E-state index in [2.05, 4.69) is 15.5 Å². The molecule has 0 spiro atoms. The highest BCUT2D eigenvalue weighted by Gasteiger charge is 2.15. The molecule has 1 amide bonds. The third-order valence-corrected chi connectivity index (χ3v) is 5.16. The van der Waals surface area contributed by atoms with Crippen LogP contribution in [0.5, 0.6) is 0 Å². The highest BCUT2D eigenvalue weighted by Crippen LogP contribution is 2.23. The lowest BCUT2D eigenvalue weighted by atomic mass is 10.1. The fourth-order valence-corrected chi connectivity index (χ4v) is 3.66. The maximum atomic E-state index is 13.7. The number of hydrogen-bond acceptors (Lipinski definition) is 5. The Kier molecular flexibility index (Phi) is 7.24. The smallest absolute Gasteiger partial charge is 0.260 e. The van der Waals surface area contributed by atoms with E-state index >= 15 is 0 Å². The van der Waals surface area contributed by atoms with Crippen LogP contribution in [-0.2, 0) is 16.1 Å². The predicted octanol–water partition coefficient (Wildman–Crippen LogP) is 4.58. The molecule has 0 saturated heterocycles. The monoisotopic (exact) mass is 429 g/mol. The number of halogens is 2. The number of nitrogens with zero attached hydrogens (tertiary/aromatic N) is 2. The van der Waals surface area contributed by atoms with E-state index in [1.165, 1.54) is 29.5 Å². The number of benzene rings is 2. The first-order chi connectivity index (χ1) is 14.4. The van der Waals surface area contributed by atoms with Crippen LogP contribution in [0, 0.1) is 11.6 Å². The Labute approximate surface area is 177 Å². The average molecular weight is 429 g/mol. The van der Waals surface area contributed by atoms with Gasteiger partial charge in [-0.05, 0) is 32.4 Å². The first-order valence-electron chi connectivity index (χ1n) is 9.34. The van der Waals surface area contributed by atoms with Gasteiger partial charge in [0.05, 0.1) is 5.69 Å². The average Bonchev–Trinajstić information content (AvgIpc) is 3.22. The highest BCUT2D eigenvalue weighted by atomic mass is 32.1. The molecular weight excluding hydrogens is 408 g/mol. The van der Waals surface area contributed by atoms with Crippen LogP contribution in [0.3, 0.4) is 0 Å². The Hall–Kier alpha value is -3.13. The van der Waals surface area contributed by atoms with Gasteiger partial charge in [-0.25, -0.2) is 13.8 Å². The minimum atomic E-state index is -0.634. The zero-order valence-electron chi connectivity index (χ0n) is 16.6. The summed E-state index contributed by atoms with van der Waals surface area (Å²) in [5.41, 5.74) is 2.17. The number of rotatable bonds is 8. The van der Waals surface area contributed by atoms with Crippen LogP contribution >= 0.6 is 11.3 Å². The summed E-state index contributed by atoms with van der Waals surface area (Å²) in [6.45, 7) is 3.10. The summed E-state index contributed by atoms with van der Waals surface area (Å²) >= 11 is 1.49. The van der Waals surface area contributed by atoms with Gasteiger partial charge in [-0.15, -0.1) is 11.3 Å². The maximum Gasteiger partial charge on any atom is 0.260 e. The lowest BCUT2D eigenvalue weighted by molar-refractivity contribution is -0.126. The molecule has 1 atom stereocenters. The van der Waals surface area contributed by atoms with Gasteiger partial charge < -0.3 is 10.2 Å². The van der Waals surface area contributed by atoms with E-state index in [1.54, 1.807) is 13.8 Å². The summed E-state index contributed by atoms with van der Waals surface area (Å²) in [5, 5.41) is 9.32. The van der Waals surface area contributed by atoms with Crippen molar-refractivity contribution in [1.82, 2.24) is 10.3 Å². The van der Waals surface area contributed by atoms with E-state index in [0.29, 0.717) is 11.4 Å². The van der Waals surface area contributed by atoms with Gasteiger partial charge in [0.2, 0.25) is 0 Å². The van der Waals surface area contributed by atoms with Crippen molar-refractivity contribution >= 4 is 23.0 Å². The Morgan fingerprint density at radius 3 is 2.57 bits per heavy atom. The second kappa shape index (κ2) is 10.1. The number of aromatic nitrogens is 1. The molecule has 30 heavy (non-hydrogen) atoms. The van der Waals surface area contributed by atoms with Gasteiger partial charge in [0.15, 0.2) is 6.61 Å². The minimum Gasteiger partial charge on any atom is -0.385 e. The van der Waals surface area contributed by atoms with Crippen molar-refractivity contribution in [3.05, 3.63) is 76.8 Å². The molecule has 1 unspecified atom stereocenters. The molecule has 156 valence electrons. The van der Waals surface area contributed by atoms with E-state index in [1.807, 2.05) is 35.7 Å². The molecule has 0 radical (unpaired) electrons. The Bertz CT molecular complexity index is 1020. The molecule has 0 saturated carbocycles. The number of hydrogen-bond donors (Lipinski definition) is 1. The first kappa shape index (κ1) is 21.6. The van der Waals surface area contributed by atoms with Crippen LogP contribution in [0.2, 0.25) is 0 Å². The van der Waals surface area contributed by atoms with Crippen LogP contribution in [0.15, 0.2) is 59.1 Å². The third kappa shape index (κ3) is 5.70. The van der Waals surface area contributed by atoms with Crippen molar-refractivity contribution in [2.45, 2.75) is 26.3 Å². The lowest BCUT2D eigenvalue weighted by Crippen LogP contribution is -2.36. The fraction of sp³-hybridized carbons (Fsp3) is 0.227. The first-order valence-corrected chi connectivity index (χ1v) is 10.2. The number of carbonyl (C=O) groups is 1. The van der Waals surface area contributed by atoms with Gasteiger partial charge >= 0.3 is 0 Å². The van der Waals surface area contributed by atoms with Crippen LogP contribution in [0.4, 0.5) is 8.78 Å². The molecule has 0 aliphatic rings. The molecule has 8 heteroatoms. The van der Waals surface area contributed by atoms with Gasteiger partial charge in [-0.3, -0.25) is 4.79 Å². The third-order valence-electron chi connectivity index (χ3n) is 4.27. The van der Waals surface area contributed by atoms with Crippen molar-refractivity contribution < 1.29 is 18.4 Å². The summed E-state index contributed by atoms with van der Waals surface area (Å²) in [4.78, 5) is 21.7. The molecule has 3 rings (SSSR count). The van der Waals surface area contributed by atoms with Gasteiger partial charge in [-0.2, -0.15) is 0 Å². The van der Waals surface area contributed by atoms with Crippen molar-refractivity contribution in [2.24, 2.45) is 5.16 Å². The van der Waals surface area contributed by atoms with Crippen molar-refractivity contribution in [1.29, 1.82) is 0 Å². The van der Waals surface area contributed by atoms with E-state index in [4.69, 9.17) is 4.84 Å². The second-order valence-electron chi connectivity index (χ2n) is 6.73. The molecule has 1 heterocycles. The van der Waals surface area contributed by atoms with Crippen molar-refractivity contribution in [3.63, 3.8) is 0 Å². The van der Waals surface area contributed by atoms with Crippen molar-refractivity contribution in [3.8, 4) is 10.6 Å². The molecule has 0 fully saturated rings. The molecule has 0 aliphatic carbocycles. The van der Waals surface area contributed by atoms with E-state index in [0.717, 1.165) is 10.6 Å². The number of oxime groups is 1. The maximum absolute atomic E-state index is 13.7. The lowest BCUT2D eigenvalue weighted by Gasteiger charge is -2.14. The molecular formula is C22H21F2N3O2S. The standard InChI is InChI=1S/C22H21F2N3O2S/c1-14(11-17-18(23)9-6-10-19(17)24)25-21(28)12-29-27-15(2)20-13-30-22(26-20)16-7-4-3-5-8-16/h3-10,13-14H,11-12H2,1-2H3,(H,25,28)/b27-15+. The Morgan fingerprint density at radius 2 is 1.87 bits per heavy atom. The van der Waals surface area contributed by atoms with Gasteiger partial charge in [-0.1, -0.05) is 41.6 Å². The quantitative estimate of drug-likeness (QED) is 0.421. The normalized spacial score (nSPS) is 12.5. The van der Waals surface area contributed by atoms with Gasteiger partial charge in [0, 0.05) is 22.5 Å². The van der Waals surface area contributed by atoms with Crippen LogP contribution in [0.25, 0.3) is 10.6 Å². The van der Waals surface area contributed by atoms with Crippen LogP contribution in [0.1, 0.15) is 25.1 Å². The molecule has 0 aliphatic heterocycles. The predicted molar refractivity (Wildman–Crippen MR) is 113 cm³/mol. The Balaban J connectivity index is 1.50. The summed E-state index contributed by atoms with van der Waals surface area (Å²) in [7, 11) is 0. The number of carbonyl (C=O) groups excluding carboxylic acids is 1.